The first-order valence-corrected chi connectivity index (χ1v) is 8.98. The van der Waals surface area contributed by atoms with Gasteiger partial charge in [0, 0.05) is 23.6 Å². The lowest BCUT2D eigenvalue weighted by molar-refractivity contribution is -0.122. The van der Waals surface area contributed by atoms with Crippen molar-refractivity contribution in [2.24, 2.45) is 5.73 Å². The molecule has 8 heteroatoms. The number of carbonyl (C=O) groups is 1. The molecule has 0 bridgehead atoms. The number of hydrogen-bond acceptors (Lipinski definition) is 6. The number of carbonyl (C=O) groups excluding carboxylic acids is 1. The number of benzene rings is 1. The van der Waals surface area contributed by atoms with E-state index in [0.717, 1.165) is 11.3 Å². The van der Waals surface area contributed by atoms with Crippen molar-refractivity contribution in [3.8, 4) is 11.4 Å². The summed E-state index contributed by atoms with van der Waals surface area (Å²) in [6, 6.07) is 6.74. The standard InChI is InChI=1S/C15H19ClN4O2S/c1-23-8-6-12(17)15(21)18-7-5-13-19-14(20-22-13)10-3-2-4-11(16)9-10/h2-4,9,12H,5-8,17H2,1H3,(H,18,21)/t12-/m0/s1. The van der Waals surface area contributed by atoms with Crippen molar-refractivity contribution in [3.63, 3.8) is 0 Å². The van der Waals surface area contributed by atoms with Crippen LogP contribution in [0.5, 0.6) is 0 Å². The molecule has 1 aromatic heterocycles. The Bertz CT molecular complexity index is 650. The third kappa shape index (κ3) is 5.53. The second kappa shape index (κ2) is 8.90. The molecule has 0 fully saturated rings. The highest BCUT2D eigenvalue weighted by Crippen LogP contribution is 2.19. The number of hydrogen-bond donors (Lipinski definition) is 2. The van der Waals surface area contributed by atoms with Crippen molar-refractivity contribution in [2.75, 3.05) is 18.6 Å². The number of halogens is 1. The average molecular weight is 355 g/mol. The Hall–Kier alpha value is -1.57. The minimum Gasteiger partial charge on any atom is -0.354 e. The van der Waals surface area contributed by atoms with E-state index in [0.29, 0.717) is 36.1 Å². The highest BCUT2D eigenvalue weighted by atomic mass is 35.5. The van der Waals surface area contributed by atoms with E-state index < -0.39 is 6.04 Å². The predicted octanol–water partition coefficient (Wildman–Crippen LogP) is 2.13. The minimum atomic E-state index is -0.479. The van der Waals surface area contributed by atoms with Crippen LogP contribution in [-0.4, -0.2) is 40.6 Å². The number of amides is 1. The summed E-state index contributed by atoms with van der Waals surface area (Å²) in [5.74, 6) is 1.64. The third-order valence-electron chi connectivity index (χ3n) is 3.16. The first-order valence-electron chi connectivity index (χ1n) is 7.21. The zero-order chi connectivity index (χ0) is 16.7. The maximum absolute atomic E-state index is 11.8. The zero-order valence-corrected chi connectivity index (χ0v) is 14.4. The fourth-order valence-electron chi connectivity index (χ4n) is 1.90. The summed E-state index contributed by atoms with van der Waals surface area (Å²) < 4.78 is 5.18. The van der Waals surface area contributed by atoms with Gasteiger partial charge in [-0.15, -0.1) is 0 Å². The van der Waals surface area contributed by atoms with Crippen molar-refractivity contribution >= 4 is 29.3 Å². The van der Waals surface area contributed by atoms with Crippen LogP contribution in [0.3, 0.4) is 0 Å². The molecule has 0 aliphatic heterocycles. The van der Waals surface area contributed by atoms with Gasteiger partial charge in [-0.05, 0) is 30.6 Å². The second-order valence-corrected chi connectivity index (χ2v) is 6.37. The first-order chi connectivity index (χ1) is 11.1. The molecule has 0 aliphatic rings. The van der Waals surface area contributed by atoms with Crippen LogP contribution in [0.25, 0.3) is 11.4 Å². The average Bonchev–Trinajstić information content (AvgIpc) is 3.01. The van der Waals surface area contributed by atoms with Crippen molar-refractivity contribution in [1.29, 1.82) is 0 Å². The van der Waals surface area contributed by atoms with Crippen molar-refractivity contribution in [1.82, 2.24) is 15.5 Å². The van der Waals surface area contributed by atoms with Crippen molar-refractivity contribution in [2.45, 2.75) is 18.9 Å². The summed E-state index contributed by atoms with van der Waals surface area (Å²) >= 11 is 7.61. The highest BCUT2D eigenvalue weighted by molar-refractivity contribution is 7.98. The maximum Gasteiger partial charge on any atom is 0.236 e. The number of rotatable bonds is 8. The molecular formula is C15H19ClN4O2S. The van der Waals surface area contributed by atoms with Gasteiger partial charge in [0.1, 0.15) is 0 Å². The van der Waals surface area contributed by atoms with Gasteiger partial charge >= 0.3 is 0 Å². The van der Waals surface area contributed by atoms with Crippen LogP contribution < -0.4 is 11.1 Å². The van der Waals surface area contributed by atoms with Crippen LogP contribution in [0.1, 0.15) is 12.3 Å². The SMILES string of the molecule is CSCC[C@H](N)C(=O)NCCc1nc(-c2cccc(Cl)c2)no1. The molecule has 23 heavy (non-hydrogen) atoms. The topological polar surface area (TPSA) is 94.0 Å². The first kappa shape index (κ1) is 17.8. The molecule has 2 aromatic rings. The lowest BCUT2D eigenvalue weighted by atomic mass is 10.2. The lowest BCUT2D eigenvalue weighted by Crippen LogP contribution is -2.41. The van der Waals surface area contributed by atoms with Crippen LogP contribution in [0.15, 0.2) is 28.8 Å². The Balaban J connectivity index is 1.82. The van der Waals surface area contributed by atoms with Gasteiger partial charge in [0.05, 0.1) is 6.04 Å². The van der Waals surface area contributed by atoms with Crippen LogP contribution in [-0.2, 0) is 11.2 Å². The predicted molar refractivity (Wildman–Crippen MR) is 92.4 cm³/mol. The van der Waals surface area contributed by atoms with Crippen LogP contribution in [0.4, 0.5) is 0 Å². The molecule has 1 heterocycles. The van der Waals surface area contributed by atoms with Crippen molar-refractivity contribution in [3.05, 3.63) is 35.2 Å². The smallest absolute Gasteiger partial charge is 0.236 e. The monoisotopic (exact) mass is 354 g/mol. The Kier molecular flexibility index (Phi) is 6.88. The van der Waals surface area contributed by atoms with Crippen molar-refractivity contribution < 1.29 is 9.32 Å². The Morgan fingerprint density at radius 1 is 1.52 bits per heavy atom. The number of thioether (sulfide) groups is 1. The molecule has 2 rings (SSSR count). The van der Waals surface area contributed by atoms with E-state index in [9.17, 15) is 4.79 Å². The molecule has 0 saturated heterocycles. The summed E-state index contributed by atoms with van der Waals surface area (Å²) in [5, 5.41) is 7.30. The van der Waals surface area contributed by atoms with E-state index in [4.69, 9.17) is 21.9 Å². The van der Waals surface area contributed by atoms with Crippen LogP contribution in [0, 0.1) is 0 Å². The summed E-state index contributed by atoms with van der Waals surface area (Å²) in [6.07, 6.45) is 3.10. The second-order valence-electron chi connectivity index (χ2n) is 4.95. The molecule has 0 spiro atoms. The normalized spacial score (nSPS) is 12.1. The summed E-state index contributed by atoms with van der Waals surface area (Å²) in [4.78, 5) is 16.1. The molecule has 0 unspecified atom stereocenters. The van der Waals surface area contributed by atoms with Crippen LogP contribution >= 0.6 is 23.4 Å². The number of nitrogens with one attached hydrogen (secondary N) is 1. The molecule has 0 saturated carbocycles. The minimum absolute atomic E-state index is 0.159. The Morgan fingerprint density at radius 3 is 3.09 bits per heavy atom. The van der Waals surface area contributed by atoms with E-state index in [-0.39, 0.29) is 5.91 Å². The Morgan fingerprint density at radius 2 is 2.35 bits per heavy atom. The molecule has 3 N–H and O–H groups in total. The summed E-state index contributed by atoms with van der Waals surface area (Å²) in [5.41, 5.74) is 6.58. The zero-order valence-electron chi connectivity index (χ0n) is 12.8. The molecular weight excluding hydrogens is 336 g/mol. The van der Waals surface area contributed by atoms with Gasteiger partial charge in [-0.2, -0.15) is 16.7 Å². The molecule has 0 aliphatic carbocycles. The van der Waals surface area contributed by atoms with Gasteiger partial charge in [0.2, 0.25) is 17.6 Å². The quantitative estimate of drug-likeness (QED) is 0.754. The van der Waals surface area contributed by atoms with E-state index in [1.54, 1.807) is 23.9 Å². The summed E-state index contributed by atoms with van der Waals surface area (Å²) in [7, 11) is 0. The third-order valence-corrected chi connectivity index (χ3v) is 4.04. The molecule has 1 amide bonds. The molecule has 124 valence electrons. The highest BCUT2D eigenvalue weighted by Gasteiger charge is 2.13. The fourth-order valence-corrected chi connectivity index (χ4v) is 2.58. The van der Waals surface area contributed by atoms with Gasteiger partial charge in [-0.3, -0.25) is 4.79 Å². The molecule has 0 radical (unpaired) electrons. The number of nitrogens with zero attached hydrogens (tertiary/aromatic N) is 2. The fraction of sp³-hybridized carbons (Fsp3) is 0.400. The largest absolute Gasteiger partial charge is 0.354 e. The summed E-state index contributed by atoms with van der Waals surface area (Å²) in [6.45, 7) is 0.406. The number of nitrogens with two attached hydrogens (primary N) is 1. The lowest BCUT2D eigenvalue weighted by Gasteiger charge is -2.10. The Labute approximate surface area is 144 Å². The van der Waals surface area contributed by atoms with Crippen LogP contribution in [0.2, 0.25) is 5.02 Å². The van der Waals surface area contributed by atoms with Gasteiger partial charge < -0.3 is 15.6 Å². The van der Waals surface area contributed by atoms with Gasteiger partial charge in [0.25, 0.3) is 0 Å². The van der Waals surface area contributed by atoms with E-state index in [1.807, 2.05) is 18.4 Å². The van der Waals surface area contributed by atoms with E-state index in [1.165, 1.54) is 0 Å². The van der Waals surface area contributed by atoms with E-state index in [2.05, 4.69) is 15.5 Å². The van der Waals surface area contributed by atoms with Gasteiger partial charge in [-0.1, -0.05) is 28.9 Å². The molecule has 1 aromatic carbocycles. The van der Waals surface area contributed by atoms with Gasteiger partial charge in [-0.25, -0.2) is 0 Å². The molecule has 6 nitrogen and oxygen atoms in total. The molecule has 1 atom stereocenters. The number of aromatic nitrogens is 2. The van der Waals surface area contributed by atoms with Gasteiger partial charge in [0.15, 0.2) is 0 Å². The van der Waals surface area contributed by atoms with E-state index >= 15 is 0 Å². The maximum atomic E-state index is 11.8.